The van der Waals surface area contributed by atoms with Crippen LogP contribution in [0.25, 0.3) is 0 Å². The number of anilines is 1. The maximum absolute atomic E-state index is 12.5. The summed E-state index contributed by atoms with van der Waals surface area (Å²) in [5.74, 6) is 0.312. The summed E-state index contributed by atoms with van der Waals surface area (Å²) in [5, 5.41) is 5.36. The van der Waals surface area contributed by atoms with E-state index < -0.39 is 5.91 Å². The highest BCUT2D eigenvalue weighted by atomic mass is 16.5. The van der Waals surface area contributed by atoms with E-state index in [0.29, 0.717) is 23.7 Å². The highest BCUT2D eigenvalue weighted by Gasteiger charge is 2.14. The van der Waals surface area contributed by atoms with E-state index in [1.807, 2.05) is 0 Å². The van der Waals surface area contributed by atoms with Crippen LogP contribution in [0.3, 0.4) is 0 Å². The number of carbonyl (C=O) groups is 2. The van der Waals surface area contributed by atoms with E-state index in [-0.39, 0.29) is 17.0 Å². The summed E-state index contributed by atoms with van der Waals surface area (Å²) in [6.45, 7) is 3.86. The van der Waals surface area contributed by atoms with Crippen molar-refractivity contribution in [1.82, 2.24) is 10.3 Å². The molecular formula is C18H19N3O4. The van der Waals surface area contributed by atoms with Gasteiger partial charge in [-0.3, -0.25) is 14.6 Å². The average molecular weight is 341 g/mol. The molecule has 7 nitrogen and oxygen atoms in total. The van der Waals surface area contributed by atoms with Gasteiger partial charge in [0.15, 0.2) is 0 Å². The number of methoxy groups -OCH3 is 2. The number of nitrogens with one attached hydrogen (secondary N) is 2. The van der Waals surface area contributed by atoms with Crippen molar-refractivity contribution in [3.63, 3.8) is 0 Å². The number of rotatable bonds is 7. The van der Waals surface area contributed by atoms with Gasteiger partial charge in [-0.2, -0.15) is 0 Å². The summed E-state index contributed by atoms with van der Waals surface area (Å²) < 4.78 is 10.4. The SMILES string of the molecule is C=CCNC(=O)c1cncc(C(=O)Nc2cc(OC)ccc2OC)c1. The highest BCUT2D eigenvalue weighted by molar-refractivity contribution is 6.06. The molecule has 0 saturated heterocycles. The van der Waals surface area contributed by atoms with Crippen LogP contribution in [0.1, 0.15) is 20.7 Å². The molecule has 1 aromatic heterocycles. The Morgan fingerprint density at radius 2 is 1.84 bits per heavy atom. The predicted octanol–water partition coefficient (Wildman–Crippen LogP) is 2.27. The van der Waals surface area contributed by atoms with E-state index >= 15 is 0 Å². The molecule has 0 atom stereocenters. The van der Waals surface area contributed by atoms with Crippen LogP contribution >= 0.6 is 0 Å². The molecule has 0 saturated carbocycles. The van der Waals surface area contributed by atoms with Gasteiger partial charge in [-0.1, -0.05) is 6.08 Å². The van der Waals surface area contributed by atoms with Crippen LogP contribution < -0.4 is 20.1 Å². The zero-order valence-corrected chi connectivity index (χ0v) is 14.0. The lowest BCUT2D eigenvalue weighted by Crippen LogP contribution is -2.24. The largest absolute Gasteiger partial charge is 0.497 e. The van der Waals surface area contributed by atoms with Crippen molar-refractivity contribution in [3.8, 4) is 11.5 Å². The van der Waals surface area contributed by atoms with Crippen LogP contribution in [0, 0.1) is 0 Å². The van der Waals surface area contributed by atoms with Gasteiger partial charge in [0, 0.05) is 25.0 Å². The van der Waals surface area contributed by atoms with Crippen LogP contribution in [-0.4, -0.2) is 37.6 Å². The van der Waals surface area contributed by atoms with E-state index in [4.69, 9.17) is 9.47 Å². The molecule has 0 bridgehead atoms. The van der Waals surface area contributed by atoms with E-state index in [0.717, 1.165) is 0 Å². The minimum atomic E-state index is -0.419. The number of aromatic nitrogens is 1. The molecular weight excluding hydrogens is 322 g/mol. The van der Waals surface area contributed by atoms with E-state index in [1.54, 1.807) is 24.3 Å². The second-order valence-corrected chi connectivity index (χ2v) is 4.98. The maximum Gasteiger partial charge on any atom is 0.257 e. The average Bonchev–Trinajstić information content (AvgIpc) is 2.66. The molecule has 0 aliphatic carbocycles. The smallest absolute Gasteiger partial charge is 0.257 e. The number of carbonyl (C=O) groups excluding carboxylic acids is 2. The number of benzene rings is 1. The first-order valence-electron chi connectivity index (χ1n) is 7.46. The zero-order chi connectivity index (χ0) is 18.2. The Hall–Kier alpha value is -3.35. The number of ether oxygens (including phenoxy) is 2. The molecule has 0 aliphatic rings. The molecule has 130 valence electrons. The maximum atomic E-state index is 12.5. The third-order valence-corrected chi connectivity index (χ3v) is 3.32. The van der Waals surface area contributed by atoms with Crippen molar-refractivity contribution in [3.05, 3.63) is 60.4 Å². The minimum absolute atomic E-state index is 0.246. The van der Waals surface area contributed by atoms with Crippen molar-refractivity contribution in [2.24, 2.45) is 0 Å². The fourth-order valence-electron chi connectivity index (χ4n) is 2.06. The van der Waals surface area contributed by atoms with Crippen LogP contribution in [0.4, 0.5) is 5.69 Å². The van der Waals surface area contributed by atoms with Crippen molar-refractivity contribution >= 4 is 17.5 Å². The molecule has 0 unspecified atom stereocenters. The Labute approximate surface area is 145 Å². The lowest BCUT2D eigenvalue weighted by Gasteiger charge is -2.12. The molecule has 2 N–H and O–H groups in total. The van der Waals surface area contributed by atoms with Gasteiger partial charge in [0.1, 0.15) is 11.5 Å². The Kier molecular flexibility index (Phi) is 6.11. The fraction of sp³-hybridized carbons (Fsp3) is 0.167. The van der Waals surface area contributed by atoms with Crippen LogP contribution in [-0.2, 0) is 0 Å². The van der Waals surface area contributed by atoms with E-state index in [9.17, 15) is 9.59 Å². The molecule has 0 spiro atoms. The Balaban J connectivity index is 2.21. The summed E-state index contributed by atoms with van der Waals surface area (Å²) >= 11 is 0. The number of amides is 2. The van der Waals surface area contributed by atoms with Crippen LogP contribution in [0.15, 0.2) is 49.3 Å². The van der Waals surface area contributed by atoms with Gasteiger partial charge in [-0.15, -0.1) is 6.58 Å². The summed E-state index contributed by atoms with van der Waals surface area (Å²) in [6.07, 6.45) is 4.34. The summed E-state index contributed by atoms with van der Waals surface area (Å²) in [5.41, 5.74) is 0.983. The highest BCUT2D eigenvalue weighted by Crippen LogP contribution is 2.29. The topological polar surface area (TPSA) is 89.6 Å². The molecule has 0 aliphatic heterocycles. The van der Waals surface area contributed by atoms with Gasteiger partial charge in [0.25, 0.3) is 11.8 Å². The third kappa shape index (κ3) is 4.57. The Bertz CT molecular complexity index is 790. The molecule has 1 heterocycles. The summed E-state index contributed by atoms with van der Waals surface area (Å²) in [4.78, 5) is 28.4. The van der Waals surface area contributed by atoms with Gasteiger partial charge in [0.2, 0.25) is 0 Å². The molecule has 25 heavy (non-hydrogen) atoms. The monoisotopic (exact) mass is 341 g/mol. The first kappa shape index (κ1) is 18.0. The second kappa shape index (κ2) is 8.49. The number of hydrogen-bond donors (Lipinski definition) is 2. The van der Waals surface area contributed by atoms with Crippen LogP contribution in [0.2, 0.25) is 0 Å². The number of nitrogens with zero attached hydrogens (tertiary/aromatic N) is 1. The van der Waals surface area contributed by atoms with Gasteiger partial charge in [-0.05, 0) is 18.2 Å². The fourth-order valence-corrected chi connectivity index (χ4v) is 2.06. The Morgan fingerprint density at radius 3 is 2.48 bits per heavy atom. The van der Waals surface area contributed by atoms with Crippen molar-refractivity contribution < 1.29 is 19.1 Å². The number of hydrogen-bond acceptors (Lipinski definition) is 5. The van der Waals surface area contributed by atoms with Crippen molar-refractivity contribution in [2.45, 2.75) is 0 Å². The Morgan fingerprint density at radius 1 is 1.12 bits per heavy atom. The normalized spacial score (nSPS) is 9.84. The van der Waals surface area contributed by atoms with Crippen molar-refractivity contribution in [1.29, 1.82) is 0 Å². The molecule has 7 heteroatoms. The van der Waals surface area contributed by atoms with Crippen LogP contribution in [0.5, 0.6) is 11.5 Å². The van der Waals surface area contributed by atoms with Crippen molar-refractivity contribution in [2.75, 3.05) is 26.1 Å². The zero-order valence-electron chi connectivity index (χ0n) is 14.0. The molecule has 2 rings (SSSR count). The summed E-state index contributed by atoms with van der Waals surface area (Å²) in [7, 11) is 3.03. The van der Waals surface area contributed by atoms with Gasteiger partial charge < -0.3 is 20.1 Å². The predicted molar refractivity (Wildman–Crippen MR) is 94.3 cm³/mol. The summed E-state index contributed by atoms with van der Waals surface area (Å²) in [6, 6.07) is 6.52. The molecule has 1 aromatic carbocycles. The second-order valence-electron chi connectivity index (χ2n) is 4.98. The lowest BCUT2D eigenvalue weighted by atomic mass is 10.1. The molecule has 2 amide bonds. The standard InChI is InChI=1S/C18H19N3O4/c1-4-7-20-17(22)12-8-13(11-19-10-12)18(23)21-15-9-14(24-2)5-6-16(15)25-3/h4-6,8-11H,1,7H2,2-3H3,(H,20,22)(H,21,23). The third-order valence-electron chi connectivity index (χ3n) is 3.32. The van der Waals surface area contributed by atoms with Gasteiger partial charge >= 0.3 is 0 Å². The first-order chi connectivity index (χ1) is 12.1. The number of pyridine rings is 1. The van der Waals surface area contributed by atoms with Gasteiger partial charge in [-0.25, -0.2) is 0 Å². The van der Waals surface area contributed by atoms with E-state index in [2.05, 4.69) is 22.2 Å². The van der Waals surface area contributed by atoms with Gasteiger partial charge in [0.05, 0.1) is 31.0 Å². The molecule has 0 radical (unpaired) electrons. The van der Waals surface area contributed by atoms with E-state index in [1.165, 1.54) is 32.7 Å². The first-order valence-corrected chi connectivity index (χ1v) is 7.46. The molecule has 0 fully saturated rings. The lowest BCUT2D eigenvalue weighted by molar-refractivity contribution is 0.0957. The minimum Gasteiger partial charge on any atom is -0.497 e. The quantitative estimate of drug-likeness (QED) is 0.754. The molecule has 2 aromatic rings.